The van der Waals surface area contributed by atoms with E-state index in [1.54, 1.807) is 39.0 Å². The number of ether oxygens (including phenoxy) is 2. The molecule has 1 aromatic heterocycles. The van der Waals surface area contributed by atoms with Crippen LogP contribution in [0.5, 0.6) is 11.6 Å². The molecule has 1 aliphatic rings. The van der Waals surface area contributed by atoms with Gasteiger partial charge in [0, 0.05) is 25.4 Å². The van der Waals surface area contributed by atoms with Crippen LogP contribution in [0.2, 0.25) is 0 Å². The van der Waals surface area contributed by atoms with Crippen molar-refractivity contribution < 1.29 is 37.2 Å². The Hall–Kier alpha value is -3.66. The van der Waals surface area contributed by atoms with Crippen molar-refractivity contribution in [3.63, 3.8) is 0 Å². The van der Waals surface area contributed by atoms with Crippen LogP contribution in [0, 0.1) is 18.8 Å². The van der Waals surface area contributed by atoms with Gasteiger partial charge in [-0.15, -0.1) is 17.9 Å². The molecule has 1 aromatic carbocycles. The highest BCUT2D eigenvalue weighted by molar-refractivity contribution is 7.86. The van der Waals surface area contributed by atoms with Crippen LogP contribution in [0.4, 0.5) is 20.2 Å². The largest absolute Gasteiger partial charge is 0.489 e. The molecule has 0 aliphatic carbocycles. The second kappa shape index (κ2) is 24.2. The number of hydrogen-bond acceptors (Lipinski definition) is 6. The highest BCUT2D eigenvalue weighted by Crippen LogP contribution is 2.37. The molecule has 0 fully saturated rings. The van der Waals surface area contributed by atoms with Crippen molar-refractivity contribution in [2.75, 3.05) is 22.8 Å². The summed E-state index contributed by atoms with van der Waals surface area (Å²) >= 11 is 0. The summed E-state index contributed by atoms with van der Waals surface area (Å²) in [6.45, 7) is 16.3. The Morgan fingerprint density at radius 3 is 2.15 bits per heavy atom. The molecule has 234 valence electrons. The molecule has 13 heteroatoms. The van der Waals surface area contributed by atoms with Crippen LogP contribution in [0.15, 0.2) is 29.3 Å². The number of alkyl halides is 2. The summed E-state index contributed by atoms with van der Waals surface area (Å²) in [5.74, 6) is -1.13. The van der Waals surface area contributed by atoms with Crippen LogP contribution in [0.3, 0.4) is 0 Å². The van der Waals surface area contributed by atoms with Gasteiger partial charge >= 0.3 is 12.6 Å². The van der Waals surface area contributed by atoms with Gasteiger partial charge in [0.1, 0.15) is 17.3 Å². The number of carboxylic acids is 1. The molecule has 1 amide bonds. The number of halogens is 2. The van der Waals surface area contributed by atoms with E-state index in [1.165, 1.54) is 22.1 Å². The Labute approximate surface area is 246 Å². The average molecular weight is 605 g/mol. The Morgan fingerprint density at radius 2 is 1.71 bits per heavy atom. The number of aliphatic carboxylic acids is 1. The number of fused-ring (bicyclic) bond motifs is 1. The van der Waals surface area contributed by atoms with Crippen molar-refractivity contribution in [1.29, 1.82) is 0 Å². The minimum Gasteiger partial charge on any atom is -0.489 e. The van der Waals surface area contributed by atoms with Crippen molar-refractivity contribution >= 4 is 34.2 Å². The molecule has 3 rings (SSSR count). The third-order valence-corrected chi connectivity index (χ3v) is 5.64. The molecule has 0 saturated carbocycles. The van der Waals surface area contributed by atoms with E-state index >= 15 is 0 Å². The van der Waals surface area contributed by atoms with E-state index < -0.39 is 23.6 Å². The van der Waals surface area contributed by atoms with E-state index in [0.717, 1.165) is 0 Å². The number of hydrogen-bond donors (Lipinski definition) is 2. The number of amides is 1. The van der Waals surface area contributed by atoms with E-state index in [4.69, 9.17) is 9.84 Å². The van der Waals surface area contributed by atoms with Gasteiger partial charge in [0.05, 0.1) is 18.2 Å². The first-order valence-corrected chi connectivity index (χ1v) is 14.5. The van der Waals surface area contributed by atoms with Crippen molar-refractivity contribution in [3.05, 3.63) is 24.4 Å². The molecule has 0 radical (unpaired) electrons. The average Bonchev–Trinajstić information content (AvgIpc) is 3.38. The number of nitrogens with zero attached hydrogens (tertiary/aromatic N) is 3. The fourth-order valence-corrected chi connectivity index (χ4v) is 3.85. The highest BCUT2D eigenvalue weighted by atomic mass is 32.2. The van der Waals surface area contributed by atoms with Crippen LogP contribution in [-0.4, -0.2) is 50.7 Å². The number of aromatic nitrogens is 2. The second-order valence-corrected chi connectivity index (χ2v) is 8.47. The van der Waals surface area contributed by atoms with Crippen molar-refractivity contribution in [2.45, 2.75) is 87.3 Å². The molecular formula is C28H46F2N4O6S. The maximum absolute atomic E-state index is 13.1. The smallest absolute Gasteiger partial charge is 0.388 e. The first kappa shape index (κ1) is 41.8. The summed E-state index contributed by atoms with van der Waals surface area (Å²) in [5.41, 5.74) is 0.972. The zero-order valence-electron chi connectivity index (χ0n) is 25.7. The molecule has 2 aromatic rings. The number of terminal acetylenes is 1. The van der Waals surface area contributed by atoms with Crippen LogP contribution in [-0.2, 0) is 27.1 Å². The Kier molecular flexibility index (Phi) is 24.6. The molecule has 41 heavy (non-hydrogen) atoms. The molecule has 2 heterocycles. The lowest BCUT2D eigenvalue weighted by Crippen LogP contribution is -2.34. The lowest BCUT2D eigenvalue weighted by atomic mass is 10.2. The topological polar surface area (TPSA) is 123 Å². The Bertz CT molecular complexity index is 1060. The zero-order valence-corrected chi connectivity index (χ0v) is 26.6. The third kappa shape index (κ3) is 15.1. The molecule has 0 bridgehead atoms. The first-order chi connectivity index (χ1) is 19.5. The fourth-order valence-electron chi connectivity index (χ4n) is 2.60. The van der Waals surface area contributed by atoms with Gasteiger partial charge in [0.15, 0.2) is 11.0 Å². The van der Waals surface area contributed by atoms with Crippen molar-refractivity contribution in [3.8, 4) is 24.5 Å². The highest BCUT2D eigenvalue weighted by Gasteiger charge is 2.29. The SMILES string of the molecule is C#C.CC.CC.CC.CC(C)C(=O)O.CCn1cc(S(=O)N2CCOc3ccc(NC(C)=O)cc32)c(OC(F)F)n1. The summed E-state index contributed by atoms with van der Waals surface area (Å²) in [4.78, 5) is 21.0. The van der Waals surface area contributed by atoms with Crippen molar-refractivity contribution in [2.24, 2.45) is 5.92 Å². The van der Waals surface area contributed by atoms with Gasteiger partial charge < -0.3 is 19.9 Å². The molecular weight excluding hydrogens is 558 g/mol. The summed E-state index contributed by atoms with van der Waals surface area (Å²) in [6.07, 6.45) is 9.42. The van der Waals surface area contributed by atoms with Gasteiger partial charge in [0.2, 0.25) is 5.91 Å². The standard InChI is InChI=1S/C16H18F2N4O4S.C4H8O2.3C2H6.C2H2/c1-3-21-9-14(15(20-21)26-16(17)18)27(24)22-6-7-25-13-5-4-11(8-12(13)22)19-10(2)23;1-3(2)4(5)6;4*1-2/h4-5,8-9,16H,3,6-7H2,1-2H3,(H,19,23);3H,1-2H3,(H,5,6);3*1-2H3;1-2H. The number of carbonyl (C=O) groups excluding carboxylic acids is 1. The van der Waals surface area contributed by atoms with Gasteiger partial charge in [-0.2, -0.15) is 8.78 Å². The molecule has 1 unspecified atom stereocenters. The zero-order chi connectivity index (χ0) is 32.7. The maximum Gasteiger partial charge on any atom is 0.388 e. The van der Waals surface area contributed by atoms with Gasteiger partial charge in [-0.05, 0) is 25.1 Å². The summed E-state index contributed by atoms with van der Waals surface area (Å²) in [7, 11) is -1.86. The molecule has 2 N–H and O–H groups in total. The fraction of sp³-hybridized carbons (Fsp3) is 0.536. The van der Waals surface area contributed by atoms with E-state index in [9.17, 15) is 22.6 Å². The Morgan fingerprint density at radius 1 is 1.17 bits per heavy atom. The minimum absolute atomic E-state index is 0.0370. The predicted octanol–water partition coefficient (Wildman–Crippen LogP) is 6.44. The molecule has 0 saturated heterocycles. The number of benzene rings is 1. The van der Waals surface area contributed by atoms with Gasteiger partial charge in [0.25, 0.3) is 5.88 Å². The van der Waals surface area contributed by atoms with E-state index in [2.05, 4.69) is 28.0 Å². The van der Waals surface area contributed by atoms with Gasteiger partial charge in [-0.1, -0.05) is 55.4 Å². The number of carboxylic acid groups (broad SMARTS) is 1. The Balaban J connectivity index is -0.000000880. The number of anilines is 2. The third-order valence-electron chi connectivity index (χ3n) is 4.20. The summed E-state index contributed by atoms with van der Waals surface area (Å²) in [6, 6.07) is 4.93. The first-order valence-electron chi connectivity index (χ1n) is 13.4. The lowest BCUT2D eigenvalue weighted by Gasteiger charge is -2.30. The van der Waals surface area contributed by atoms with Crippen LogP contribution < -0.4 is 19.1 Å². The lowest BCUT2D eigenvalue weighted by molar-refractivity contribution is -0.140. The maximum atomic E-state index is 13.1. The second-order valence-electron chi connectivity index (χ2n) is 7.09. The van der Waals surface area contributed by atoms with Crippen LogP contribution in [0.25, 0.3) is 0 Å². The van der Waals surface area contributed by atoms with Crippen molar-refractivity contribution in [1.82, 2.24) is 9.78 Å². The van der Waals surface area contributed by atoms with E-state index in [0.29, 0.717) is 23.7 Å². The molecule has 1 aliphatic heterocycles. The quantitative estimate of drug-likeness (QED) is 0.349. The molecule has 10 nitrogen and oxygen atoms in total. The monoisotopic (exact) mass is 604 g/mol. The van der Waals surface area contributed by atoms with Crippen LogP contribution >= 0.6 is 0 Å². The van der Waals surface area contributed by atoms with Crippen LogP contribution in [0.1, 0.15) is 69.2 Å². The predicted molar refractivity (Wildman–Crippen MR) is 161 cm³/mol. The number of aryl methyl sites for hydroxylation is 1. The van der Waals surface area contributed by atoms with Gasteiger partial charge in [-0.25, -0.2) is 4.21 Å². The van der Waals surface area contributed by atoms with E-state index in [-0.39, 0.29) is 35.8 Å². The molecule has 0 spiro atoms. The number of nitrogens with one attached hydrogen (secondary N) is 1. The van der Waals surface area contributed by atoms with Gasteiger partial charge in [-0.3, -0.25) is 18.6 Å². The summed E-state index contributed by atoms with van der Waals surface area (Å²) < 4.78 is 51.4. The number of rotatable bonds is 7. The normalized spacial score (nSPS) is 11.4. The summed E-state index contributed by atoms with van der Waals surface area (Å²) in [5, 5.41) is 14.5. The molecule has 1 atom stereocenters. The van der Waals surface area contributed by atoms with E-state index in [1.807, 2.05) is 41.5 Å². The minimum atomic E-state index is -3.08. The number of carbonyl (C=O) groups is 2.